The predicted octanol–water partition coefficient (Wildman–Crippen LogP) is 5.37. The van der Waals surface area contributed by atoms with E-state index in [-0.39, 0.29) is 47.2 Å². The van der Waals surface area contributed by atoms with Gasteiger partial charge >= 0.3 is 5.97 Å². The second-order valence-electron chi connectivity index (χ2n) is 11.3. The summed E-state index contributed by atoms with van der Waals surface area (Å²) in [7, 11) is 1.70. The minimum absolute atomic E-state index is 0.0498. The van der Waals surface area contributed by atoms with Crippen molar-refractivity contribution < 1.29 is 28.9 Å². The Kier molecular flexibility index (Phi) is 7.17. The average Bonchev–Trinajstić information content (AvgIpc) is 3.57. The Morgan fingerprint density at radius 2 is 1.97 bits per heavy atom. The number of Topliss-reactive ketones (excluding diaryl/α,β-unsaturated/α-hetero) is 1. The number of benzene rings is 1. The van der Waals surface area contributed by atoms with Gasteiger partial charge in [0.05, 0.1) is 29.3 Å². The number of fused-ring (bicyclic) bond motifs is 1. The molecule has 38 heavy (non-hydrogen) atoms. The van der Waals surface area contributed by atoms with Crippen molar-refractivity contribution in [2.45, 2.75) is 77.6 Å². The normalized spacial score (nSPS) is 33.2. The fourth-order valence-electron chi connectivity index (χ4n) is 6.50. The van der Waals surface area contributed by atoms with Crippen molar-refractivity contribution in [2.24, 2.45) is 23.7 Å². The number of hydrogen-bond acceptors (Lipinski definition) is 7. The summed E-state index contributed by atoms with van der Waals surface area (Å²) in [5.74, 6) is -0.856. The first-order valence-electron chi connectivity index (χ1n) is 13.7. The van der Waals surface area contributed by atoms with Crippen molar-refractivity contribution >= 4 is 23.1 Å². The third kappa shape index (κ3) is 4.66. The lowest BCUT2D eigenvalue weighted by Gasteiger charge is -2.53. The van der Waals surface area contributed by atoms with Gasteiger partial charge < -0.3 is 34.9 Å². The van der Waals surface area contributed by atoms with Crippen molar-refractivity contribution in [3.8, 4) is 5.75 Å². The van der Waals surface area contributed by atoms with Gasteiger partial charge in [-0.3, -0.25) is 4.79 Å². The molecule has 0 radical (unpaired) electrons. The highest BCUT2D eigenvalue weighted by molar-refractivity contribution is 6.02. The van der Waals surface area contributed by atoms with E-state index in [0.717, 1.165) is 19.3 Å². The van der Waals surface area contributed by atoms with E-state index in [1.807, 2.05) is 13.0 Å². The van der Waals surface area contributed by atoms with E-state index in [9.17, 15) is 14.7 Å². The number of carboxylic acids is 1. The second kappa shape index (κ2) is 10.3. The summed E-state index contributed by atoms with van der Waals surface area (Å²) in [5, 5.41) is 16.0. The number of carbonyl (C=O) groups excluding carboxylic acids is 1. The number of nitrogens with one attached hydrogen (secondary N) is 3. The largest absolute Gasteiger partial charge is 0.478 e. The number of aromatic nitrogens is 1. The van der Waals surface area contributed by atoms with Gasteiger partial charge in [-0.2, -0.15) is 0 Å². The van der Waals surface area contributed by atoms with Gasteiger partial charge in [-0.1, -0.05) is 27.7 Å². The van der Waals surface area contributed by atoms with E-state index < -0.39 is 18.0 Å². The predicted molar refractivity (Wildman–Crippen MR) is 144 cm³/mol. The maximum absolute atomic E-state index is 13.2. The van der Waals surface area contributed by atoms with Gasteiger partial charge in [0.1, 0.15) is 11.3 Å². The first kappa shape index (κ1) is 26.6. The van der Waals surface area contributed by atoms with Gasteiger partial charge in [0, 0.05) is 37.9 Å². The van der Waals surface area contributed by atoms with E-state index in [4.69, 9.17) is 14.2 Å². The summed E-state index contributed by atoms with van der Waals surface area (Å²) in [6, 6.07) is 7.15. The first-order valence-corrected chi connectivity index (χ1v) is 13.7. The van der Waals surface area contributed by atoms with E-state index in [1.54, 1.807) is 31.4 Å². The zero-order valence-corrected chi connectivity index (χ0v) is 22.7. The van der Waals surface area contributed by atoms with Crippen molar-refractivity contribution in [3.05, 3.63) is 41.7 Å². The average molecular weight is 526 g/mol. The molecule has 0 bridgehead atoms. The molecule has 4 N–H and O–H groups in total. The Balaban J connectivity index is 1.32. The number of anilines is 2. The molecule has 1 unspecified atom stereocenters. The monoisotopic (exact) mass is 525 g/mol. The Bertz CT molecular complexity index is 1180. The Hall–Kier alpha value is -3.04. The highest BCUT2D eigenvalue weighted by atomic mass is 16.7. The number of aromatic carboxylic acids is 1. The molecule has 5 rings (SSSR count). The Labute approximate surface area is 223 Å². The van der Waals surface area contributed by atoms with Crippen LogP contribution in [-0.4, -0.2) is 53.1 Å². The number of carbonyl (C=O) groups is 2. The van der Waals surface area contributed by atoms with Crippen molar-refractivity contribution in [1.82, 2.24) is 4.98 Å². The third-order valence-electron chi connectivity index (χ3n) is 8.75. The van der Waals surface area contributed by atoms with Crippen LogP contribution in [0.4, 0.5) is 11.4 Å². The fourth-order valence-corrected chi connectivity index (χ4v) is 6.50. The molecule has 206 valence electrons. The smallest absolute Gasteiger partial charge is 0.340 e. The summed E-state index contributed by atoms with van der Waals surface area (Å²) in [5.41, 5.74) is 1.79. The Morgan fingerprint density at radius 1 is 1.18 bits per heavy atom. The van der Waals surface area contributed by atoms with E-state index in [2.05, 4.69) is 36.4 Å². The molecule has 9 heteroatoms. The van der Waals surface area contributed by atoms with Gasteiger partial charge in [0.2, 0.25) is 0 Å². The lowest BCUT2D eigenvalue weighted by molar-refractivity contribution is -0.357. The molecular weight excluding hydrogens is 486 g/mol. The quantitative estimate of drug-likeness (QED) is 0.356. The van der Waals surface area contributed by atoms with E-state index in [1.165, 1.54) is 0 Å². The number of ketones is 1. The van der Waals surface area contributed by atoms with Crippen LogP contribution in [0.1, 0.15) is 74.2 Å². The molecule has 0 saturated carbocycles. The van der Waals surface area contributed by atoms with Gasteiger partial charge in [-0.25, -0.2) is 4.79 Å². The maximum atomic E-state index is 13.2. The summed E-state index contributed by atoms with van der Waals surface area (Å²) < 4.78 is 19.8. The number of H-pyrrole nitrogens is 1. The van der Waals surface area contributed by atoms with Crippen LogP contribution in [0, 0.1) is 23.7 Å². The molecule has 1 aromatic heterocycles. The number of rotatable bonds is 7. The summed E-state index contributed by atoms with van der Waals surface area (Å²) >= 11 is 0. The summed E-state index contributed by atoms with van der Waals surface area (Å²) in [6.07, 6.45) is 4.09. The molecule has 3 aliphatic heterocycles. The topological polar surface area (TPSA) is 122 Å². The van der Waals surface area contributed by atoms with Crippen LogP contribution in [0.25, 0.3) is 0 Å². The molecule has 4 heterocycles. The van der Waals surface area contributed by atoms with Crippen LogP contribution < -0.4 is 15.4 Å². The molecule has 1 spiro atoms. The summed E-state index contributed by atoms with van der Waals surface area (Å²) in [6.45, 7) is 8.45. The minimum atomic E-state index is -1.02. The zero-order valence-electron chi connectivity index (χ0n) is 22.7. The number of carboxylic acid groups (broad SMARTS) is 1. The zero-order chi connectivity index (χ0) is 27.2. The SMILES string of the molecule is CNc1ccc2c(c1C(=O)O)NC(C[C@H]1O[C@@]3(CC[C@H]1C)O[C@H]([C@H](C)C(=O)c1ccc[nH]1)[C@H](C)C[C@H]3C)O2. The second-order valence-corrected chi connectivity index (χ2v) is 11.3. The molecule has 1 aromatic carbocycles. The van der Waals surface area contributed by atoms with Crippen molar-refractivity contribution in [3.63, 3.8) is 0 Å². The lowest BCUT2D eigenvalue weighted by Crippen LogP contribution is -2.58. The molecule has 0 amide bonds. The molecule has 0 aliphatic carbocycles. The van der Waals surface area contributed by atoms with E-state index in [0.29, 0.717) is 29.2 Å². The number of hydrogen-bond donors (Lipinski definition) is 4. The van der Waals surface area contributed by atoms with Crippen LogP contribution in [0.15, 0.2) is 30.5 Å². The lowest BCUT2D eigenvalue weighted by atomic mass is 9.75. The molecule has 9 nitrogen and oxygen atoms in total. The first-order chi connectivity index (χ1) is 18.1. The highest BCUT2D eigenvalue weighted by Gasteiger charge is 2.53. The third-order valence-corrected chi connectivity index (χ3v) is 8.75. The van der Waals surface area contributed by atoms with Crippen LogP contribution in [0.2, 0.25) is 0 Å². The van der Waals surface area contributed by atoms with Gasteiger partial charge in [0.15, 0.2) is 17.8 Å². The molecule has 3 aliphatic rings. The standard InChI is InChI=1S/C29H39N3O6/c1-15-10-11-29(17(3)13-16(2)27(38-29)18(4)26(33)20-7-6-12-31-20)37-22(15)14-23-32-25-21(36-23)9-8-19(30-5)24(25)28(34)35/h6-9,12,15-18,22-23,27,30-32H,10-11,13-14H2,1-5H3,(H,34,35)/t15-,16-,17-,18-,22-,23?,27+,29+/m1/s1. The maximum Gasteiger partial charge on any atom is 0.340 e. The fraction of sp³-hybridized carbons (Fsp3) is 0.586. The van der Waals surface area contributed by atoms with Crippen LogP contribution >= 0.6 is 0 Å². The molecular formula is C29H39N3O6. The number of aromatic amines is 1. The van der Waals surface area contributed by atoms with Crippen LogP contribution in [0.3, 0.4) is 0 Å². The molecule has 2 saturated heterocycles. The molecule has 2 aromatic rings. The van der Waals surface area contributed by atoms with Gasteiger partial charge in [0.25, 0.3) is 0 Å². The minimum Gasteiger partial charge on any atom is -0.478 e. The van der Waals surface area contributed by atoms with Crippen LogP contribution in [-0.2, 0) is 9.47 Å². The Morgan fingerprint density at radius 3 is 2.66 bits per heavy atom. The van der Waals surface area contributed by atoms with E-state index >= 15 is 0 Å². The molecule has 2 fully saturated rings. The van der Waals surface area contributed by atoms with Crippen molar-refractivity contribution in [1.29, 1.82) is 0 Å². The van der Waals surface area contributed by atoms with Crippen LogP contribution in [0.5, 0.6) is 5.75 Å². The van der Waals surface area contributed by atoms with Gasteiger partial charge in [-0.15, -0.1) is 0 Å². The number of ether oxygens (including phenoxy) is 3. The summed E-state index contributed by atoms with van der Waals surface area (Å²) in [4.78, 5) is 28.1. The van der Waals surface area contributed by atoms with Gasteiger partial charge in [-0.05, 0) is 48.9 Å². The molecule has 8 atom stereocenters. The van der Waals surface area contributed by atoms with Crippen molar-refractivity contribution in [2.75, 3.05) is 17.7 Å². The highest BCUT2D eigenvalue weighted by Crippen LogP contribution is 2.49.